The van der Waals surface area contributed by atoms with Crippen LogP contribution in [0.2, 0.25) is 5.02 Å². The van der Waals surface area contributed by atoms with Crippen LogP contribution in [0.1, 0.15) is 38.5 Å². The van der Waals surface area contributed by atoms with Crippen molar-refractivity contribution < 1.29 is 19.1 Å². The number of benzene rings is 3. The van der Waals surface area contributed by atoms with E-state index in [1.807, 2.05) is 82.1 Å². The van der Waals surface area contributed by atoms with E-state index in [4.69, 9.17) is 21.1 Å². The van der Waals surface area contributed by atoms with Gasteiger partial charge in [0.1, 0.15) is 11.4 Å². The van der Waals surface area contributed by atoms with Gasteiger partial charge in [-0.2, -0.15) is 0 Å². The first-order valence-corrected chi connectivity index (χ1v) is 14.7. The molecule has 0 spiro atoms. The molecule has 0 aliphatic carbocycles. The minimum atomic E-state index is -0.256. The molecule has 224 valence electrons. The number of amides is 2. The summed E-state index contributed by atoms with van der Waals surface area (Å²) in [6, 6.07) is 22.6. The summed E-state index contributed by atoms with van der Waals surface area (Å²) >= 11 is 6.87. The number of carbonyl (C=O) groups excluding carboxylic acids is 2. The predicted octanol–water partition coefficient (Wildman–Crippen LogP) is 6.05. The highest BCUT2D eigenvalue weighted by atomic mass is 35.5. The molecular formula is C34H32ClN5O4. The molecule has 3 aromatic carbocycles. The number of fused-ring (bicyclic) bond motifs is 2. The van der Waals surface area contributed by atoms with Crippen LogP contribution in [0.5, 0.6) is 11.5 Å². The van der Waals surface area contributed by atoms with Gasteiger partial charge in [-0.15, -0.1) is 0 Å². The van der Waals surface area contributed by atoms with E-state index >= 15 is 0 Å². The van der Waals surface area contributed by atoms with Crippen LogP contribution >= 0.6 is 11.6 Å². The Morgan fingerprint density at radius 1 is 0.977 bits per heavy atom. The molecular weight excluding hydrogens is 578 g/mol. The Bertz CT molecular complexity index is 1810. The summed E-state index contributed by atoms with van der Waals surface area (Å²) in [5.74, 6) is 0.587. The van der Waals surface area contributed by atoms with Crippen molar-refractivity contribution in [2.45, 2.75) is 26.1 Å². The number of rotatable bonds is 9. The van der Waals surface area contributed by atoms with Crippen LogP contribution in [-0.2, 0) is 19.6 Å². The number of hydrogen-bond acceptors (Lipinski definition) is 5. The van der Waals surface area contributed by atoms with Gasteiger partial charge in [0, 0.05) is 42.4 Å². The fraction of sp³-hybridized carbons (Fsp3) is 0.206. The lowest BCUT2D eigenvalue weighted by Gasteiger charge is -2.24. The van der Waals surface area contributed by atoms with Crippen LogP contribution in [-0.4, -0.2) is 46.7 Å². The molecule has 1 N–H and O–H groups in total. The average molecular weight is 610 g/mol. The predicted molar refractivity (Wildman–Crippen MR) is 170 cm³/mol. The van der Waals surface area contributed by atoms with Gasteiger partial charge in [-0.25, -0.2) is 4.98 Å². The zero-order chi connectivity index (χ0) is 30.6. The fourth-order valence-corrected chi connectivity index (χ4v) is 5.95. The minimum absolute atomic E-state index is 0.152. The van der Waals surface area contributed by atoms with Gasteiger partial charge in [-0.05, 0) is 53.9 Å². The topological polar surface area (TPSA) is 90.6 Å². The monoisotopic (exact) mass is 609 g/mol. The summed E-state index contributed by atoms with van der Waals surface area (Å²) in [7, 11) is 3.12. The molecule has 3 heterocycles. The third-order valence-electron chi connectivity index (χ3n) is 7.83. The number of para-hydroxylation sites is 1. The SMILES string of the molecule is COc1cccc(-c2ccc(C(=O)N3Cc4ccc(C(=O)NCCCn5ccnc5)n4Cc4ccccc43)c(OC)c2Cl)c1. The lowest BCUT2D eigenvalue weighted by atomic mass is 10.0. The number of nitrogens with one attached hydrogen (secondary N) is 1. The quantitative estimate of drug-likeness (QED) is 0.206. The second kappa shape index (κ2) is 12.7. The lowest BCUT2D eigenvalue weighted by molar-refractivity contribution is 0.0943. The summed E-state index contributed by atoms with van der Waals surface area (Å²) in [6.45, 7) is 2.02. The number of ether oxygens (including phenoxy) is 2. The van der Waals surface area contributed by atoms with E-state index in [9.17, 15) is 9.59 Å². The maximum absolute atomic E-state index is 14.3. The van der Waals surface area contributed by atoms with Crippen molar-refractivity contribution >= 4 is 29.1 Å². The van der Waals surface area contributed by atoms with E-state index < -0.39 is 0 Å². The summed E-state index contributed by atoms with van der Waals surface area (Å²) in [4.78, 5) is 33.3. The molecule has 0 fully saturated rings. The summed E-state index contributed by atoms with van der Waals surface area (Å²) in [5, 5.41) is 3.37. The zero-order valence-electron chi connectivity index (χ0n) is 24.5. The number of halogens is 1. The molecule has 5 aromatic rings. The molecule has 0 saturated carbocycles. The van der Waals surface area contributed by atoms with Crippen LogP contribution in [0.4, 0.5) is 5.69 Å². The van der Waals surface area contributed by atoms with E-state index in [2.05, 4.69) is 10.3 Å². The van der Waals surface area contributed by atoms with Gasteiger partial charge in [-0.1, -0.05) is 48.0 Å². The molecule has 2 amide bonds. The van der Waals surface area contributed by atoms with Crippen molar-refractivity contribution in [1.82, 2.24) is 19.4 Å². The number of aryl methyl sites for hydroxylation is 1. The van der Waals surface area contributed by atoms with Crippen molar-refractivity contribution in [3.63, 3.8) is 0 Å². The number of anilines is 1. The minimum Gasteiger partial charge on any atom is -0.497 e. The van der Waals surface area contributed by atoms with Gasteiger partial charge in [-0.3, -0.25) is 9.59 Å². The molecule has 2 aromatic heterocycles. The molecule has 1 aliphatic heterocycles. The van der Waals surface area contributed by atoms with E-state index in [1.54, 1.807) is 30.6 Å². The van der Waals surface area contributed by atoms with Gasteiger partial charge in [0.15, 0.2) is 5.75 Å². The number of methoxy groups -OCH3 is 2. The lowest BCUT2D eigenvalue weighted by Crippen LogP contribution is -2.31. The molecule has 0 atom stereocenters. The Kier molecular flexibility index (Phi) is 8.38. The Morgan fingerprint density at radius 2 is 1.84 bits per heavy atom. The van der Waals surface area contributed by atoms with Crippen LogP contribution in [0.3, 0.4) is 0 Å². The fourth-order valence-electron chi connectivity index (χ4n) is 5.60. The average Bonchev–Trinajstić information content (AvgIpc) is 3.68. The first kappa shape index (κ1) is 29.1. The van der Waals surface area contributed by atoms with Crippen LogP contribution in [0, 0.1) is 0 Å². The second-order valence-corrected chi connectivity index (χ2v) is 10.8. The maximum Gasteiger partial charge on any atom is 0.267 e. The van der Waals surface area contributed by atoms with Crippen molar-refractivity contribution in [2.24, 2.45) is 0 Å². The van der Waals surface area contributed by atoms with Gasteiger partial charge < -0.3 is 28.8 Å². The first-order chi connectivity index (χ1) is 21.5. The number of carbonyl (C=O) groups is 2. The maximum atomic E-state index is 14.3. The van der Waals surface area contributed by atoms with Crippen LogP contribution in [0.15, 0.2) is 91.5 Å². The third-order valence-corrected chi connectivity index (χ3v) is 8.21. The number of aromatic nitrogens is 3. The highest BCUT2D eigenvalue weighted by molar-refractivity contribution is 6.35. The van der Waals surface area contributed by atoms with Gasteiger partial charge >= 0.3 is 0 Å². The molecule has 9 nitrogen and oxygen atoms in total. The molecule has 0 saturated heterocycles. The Morgan fingerprint density at radius 3 is 2.64 bits per heavy atom. The summed E-state index contributed by atoms with van der Waals surface area (Å²) in [6.07, 6.45) is 6.18. The summed E-state index contributed by atoms with van der Waals surface area (Å²) < 4.78 is 15.1. The third kappa shape index (κ3) is 5.66. The Labute approximate surface area is 260 Å². The summed E-state index contributed by atoms with van der Waals surface area (Å²) in [5.41, 5.74) is 4.99. The Hall–Kier alpha value is -5.02. The van der Waals surface area contributed by atoms with Gasteiger partial charge in [0.05, 0.1) is 44.2 Å². The highest BCUT2D eigenvalue weighted by Gasteiger charge is 2.30. The smallest absolute Gasteiger partial charge is 0.267 e. The van der Waals surface area contributed by atoms with Crippen molar-refractivity contribution in [2.75, 3.05) is 25.7 Å². The number of hydrogen-bond donors (Lipinski definition) is 1. The zero-order valence-corrected chi connectivity index (χ0v) is 25.3. The molecule has 1 aliphatic rings. The molecule has 0 bridgehead atoms. The molecule has 10 heteroatoms. The number of imidazole rings is 1. The van der Waals surface area contributed by atoms with E-state index in [-0.39, 0.29) is 18.4 Å². The molecule has 44 heavy (non-hydrogen) atoms. The van der Waals surface area contributed by atoms with E-state index in [0.29, 0.717) is 40.9 Å². The van der Waals surface area contributed by atoms with Crippen LogP contribution in [0.25, 0.3) is 11.1 Å². The van der Waals surface area contributed by atoms with E-state index in [1.165, 1.54) is 7.11 Å². The highest BCUT2D eigenvalue weighted by Crippen LogP contribution is 2.40. The largest absolute Gasteiger partial charge is 0.497 e. The second-order valence-electron chi connectivity index (χ2n) is 10.5. The van der Waals surface area contributed by atoms with Crippen LogP contribution < -0.4 is 19.7 Å². The molecule has 6 rings (SSSR count). The Balaban J connectivity index is 1.28. The van der Waals surface area contributed by atoms with E-state index in [0.717, 1.165) is 41.0 Å². The van der Waals surface area contributed by atoms with Crippen molar-refractivity contribution in [3.8, 4) is 22.6 Å². The van der Waals surface area contributed by atoms with Gasteiger partial charge in [0.2, 0.25) is 0 Å². The molecule has 0 unspecified atom stereocenters. The number of nitrogens with zero attached hydrogens (tertiary/aromatic N) is 4. The van der Waals surface area contributed by atoms with Crippen molar-refractivity contribution in [3.05, 3.63) is 119 Å². The first-order valence-electron chi connectivity index (χ1n) is 14.3. The van der Waals surface area contributed by atoms with Gasteiger partial charge in [0.25, 0.3) is 11.8 Å². The molecule has 0 radical (unpaired) electrons. The standard InChI is InChI=1S/C34H32ClN5O4/c1-43-26-9-5-8-23(19-26)27-12-13-28(32(44-2)31(27)35)34(42)40-21-25-11-14-30(39(25)20-24-7-3-4-10-29(24)40)33(41)37-15-6-17-38-18-16-36-22-38/h3-5,7-14,16,18-19,22H,6,15,17,20-21H2,1-2H3,(H,37,41). The van der Waals surface area contributed by atoms with Crippen molar-refractivity contribution in [1.29, 1.82) is 0 Å². The normalized spacial score (nSPS) is 12.2.